The average molecular weight is 1070 g/mol. The molecule has 0 radical (unpaired) electrons. The lowest BCUT2D eigenvalue weighted by Gasteiger charge is -2.37. The largest absolute Gasteiger partial charge is 0.464 e. The number of ether oxygens (including phenoxy) is 6. The van der Waals surface area contributed by atoms with Crippen molar-refractivity contribution in [3.63, 3.8) is 0 Å². The Hall–Kier alpha value is -5.18. The Balaban J connectivity index is 1.01. The predicted octanol–water partition coefficient (Wildman–Crippen LogP) is 6.85. The number of anilines is 1. The molecule has 4 aliphatic heterocycles. The highest BCUT2D eigenvalue weighted by Gasteiger charge is 2.46. The number of aromatic nitrogens is 3. The molecule has 1 saturated carbocycles. The summed E-state index contributed by atoms with van der Waals surface area (Å²) in [6.07, 6.45) is 3.67. The van der Waals surface area contributed by atoms with E-state index in [1.165, 1.54) is 36.1 Å². The number of pyridine rings is 1. The highest BCUT2D eigenvalue weighted by molar-refractivity contribution is 7.07. The van der Waals surface area contributed by atoms with Crippen molar-refractivity contribution in [3.8, 4) is 28.6 Å². The molecule has 9 rings (SSSR count). The summed E-state index contributed by atoms with van der Waals surface area (Å²) < 4.78 is 64.3. The molecule has 5 fully saturated rings. The zero-order valence-electron chi connectivity index (χ0n) is 44.4. The fraction of sp³-hybridized carbons (Fsp3) is 0.636. The molecule has 7 heterocycles. The van der Waals surface area contributed by atoms with E-state index in [1.54, 1.807) is 7.11 Å². The van der Waals surface area contributed by atoms with Gasteiger partial charge in [0.2, 0.25) is 5.60 Å². The number of nitriles is 1. The van der Waals surface area contributed by atoms with Crippen molar-refractivity contribution in [3.05, 3.63) is 52.6 Å². The lowest BCUT2D eigenvalue weighted by atomic mass is 9.84. The number of alkyl halides is 2. The van der Waals surface area contributed by atoms with Crippen molar-refractivity contribution in [2.24, 2.45) is 5.41 Å². The second kappa shape index (κ2) is 24.7. The van der Waals surface area contributed by atoms with Gasteiger partial charge in [-0.2, -0.15) is 5.26 Å². The lowest BCUT2D eigenvalue weighted by molar-refractivity contribution is -0.157. The number of halogens is 2. The number of nitrogens with zero attached hydrogens (tertiary/aromatic N) is 7. The number of esters is 1. The number of benzene rings is 1. The summed E-state index contributed by atoms with van der Waals surface area (Å²) in [5.74, 6) is -2.16. The Bertz CT molecular complexity index is 2680. The molecule has 4 aromatic rings. The van der Waals surface area contributed by atoms with Crippen LogP contribution in [0.5, 0.6) is 0 Å². The standard InChI is InChI=1S/C55H73F2N9O9S/c1-35(70-5)48-42(27-39(29-59-48)64-19-17-63(18-20-64)38-10-11-38)50-43(41-26-37(45-31-76-34-60-45)9-12-46(41)65(50)21-25-72-40-13-23-71-24-14-40)28-54(3,4)33-74-52(68)44-8-6-16-66(62-44)51(67)49(36(2)73-30-47(56)57)61-53(69)55(32-58)15-7-22-75-55/h9,12,26-27,29,31,34-36,38,40,44,47,49,62H,6-8,10-11,13-25,28,30,33H2,1-5H3,(H,61,69)/t35-,36+,44-,49-,55+/m0/s1. The minimum atomic E-state index is -2.83. The van der Waals surface area contributed by atoms with Gasteiger partial charge >= 0.3 is 5.97 Å². The van der Waals surface area contributed by atoms with Gasteiger partial charge in [0.05, 0.1) is 66.0 Å². The van der Waals surface area contributed by atoms with E-state index in [9.17, 15) is 28.4 Å². The number of carbonyl (C=O) groups excluding carboxylic acids is 3. The first-order chi connectivity index (χ1) is 36.7. The molecule has 1 aliphatic carbocycles. The molecule has 5 atom stereocenters. The summed E-state index contributed by atoms with van der Waals surface area (Å²) in [5, 5.41) is 16.7. The van der Waals surface area contributed by atoms with Gasteiger partial charge in [0.1, 0.15) is 24.8 Å². The maximum Gasteiger partial charge on any atom is 0.324 e. The molecule has 21 heteroatoms. The van der Waals surface area contributed by atoms with Crippen LogP contribution < -0.4 is 15.6 Å². The van der Waals surface area contributed by atoms with Crippen LogP contribution in [0.1, 0.15) is 96.4 Å². The number of hydrogen-bond donors (Lipinski definition) is 2. The van der Waals surface area contributed by atoms with Crippen LogP contribution in [0.4, 0.5) is 14.5 Å². The van der Waals surface area contributed by atoms with Crippen molar-refractivity contribution in [2.75, 3.05) is 84.4 Å². The van der Waals surface area contributed by atoms with Gasteiger partial charge < -0.3 is 43.2 Å². The molecule has 4 saturated heterocycles. The maximum absolute atomic E-state index is 14.2. The Morgan fingerprint density at radius 2 is 1.82 bits per heavy atom. The van der Waals surface area contributed by atoms with Crippen molar-refractivity contribution >= 4 is 45.7 Å². The van der Waals surface area contributed by atoms with Crippen LogP contribution in [0, 0.1) is 16.7 Å². The van der Waals surface area contributed by atoms with E-state index in [0.29, 0.717) is 58.1 Å². The van der Waals surface area contributed by atoms with E-state index in [2.05, 4.69) is 68.2 Å². The molecule has 0 spiro atoms. The van der Waals surface area contributed by atoms with E-state index in [1.807, 2.05) is 30.1 Å². The summed E-state index contributed by atoms with van der Waals surface area (Å²) in [7, 11) is 1.70. The van der Waals surface area contributed by atoms with Gasteiger partial charge in [-0.25, -0.2) is 19.2 Å². The van der Waals surface area contributed by atoms with Crippen LogP contribution in [-0.2, 0) is 55.8 Å². The zero-order chi connectivity index (χ0) is 53.6. The third kappa shape index (κ3) is 12.9. The molecule has 3 aromatic heterocycles. The fourth-order valence-electron chi connectivity index (χ4n) is 11.0. The molecular weight excluding hydrogens is 1000 g/mol. The van der Waals surface area contributed by atoms with Gasteiger partial charge in [-0.05, 0) is 89.0 Å². The third-order valence-corrected chi connectivity index (χ3v) is 16.0. The van der Waals surface area contributed by atoms with Gasteiger partial charge in [0, 0.05) is 111 Å². The van der Waals surface area contributed by atoms with Gasteiger partial charge in [-0.15, -0.1) is 11.3 Å². The topological polar surface area (TPSA) is 195 Å². The summed E-state index contributed by atoms with van der Waals surface area (Å²) in [6, 6.07) is 8.95. The smallest absolute Gasteiger partial charge is 0.324 e. The number of fused-ring (bicyclic) bond motifs is 1. The number of hydrazine groups is 1. The quantitative estimate of drug-likeness (QED) is 0.0776. The Kier molecular flexibility index (Phi) is 18.0. The number of amides is 2. The lowest BCUT2D eigenvalue weighted by Crippen LogP contribution is -2.64. The molecule has 412 valence electrons. The molecule has 18 nitrogen and oxygen atoms in total. The van der Waals surface area contributed by atoms with E-state index in [4.69, 9.17) is 33.4 Å². The predicted molar refractivity (Wildman–Crippen MR) is 281 cm³/mol. The molecule has 1 aromatic carbocycles. The number of nitrogens with one attached hydrogen (secondary N) is 2. The van der Waals surface area contributed by atoms with Crippen molar-refractivity contribution < 1.29 is 51.6 Å². The third-order valence-electron chi connectivity index (χ3n) is 15.4. The van der Waals surface area contributed by atoms with E-state index < -0.39 is 60.0 Å². The second-order valence-electron chi connectivity index (χ2n) is 21.6. The van der Waals surface area contributed by atoms with Gasteiger partial charge in [0.15, 0.2) is 0 Å². The Morgan fingerprint density at radius 3 is 2.50 bits per heavy atom. The molecule has 0 unspecified atom stereocenters. The van der Waals surface area contributed by atoms with E-state index >= 15 is 0 Å². The number of piperazine rings is 1. The molecule has 2 amide bonds. The summed E-state index contributed by atoms with van der Waals surface area (Å²) >= 11 is 1.54. The van der Waals surface area contributed by atoms with Gasteiger partial charge in [-0.1, -0.05) is 19.9 Å². The normalized spacial score (nSPS) is 22.2. The molecular formula is C55H73F2N9O9S. The first-order valence-corrected chi connectivity index (χ1v) is 27.9. The zero-order valence-corrected chi connectivity index (χ0v) is 45.2. The monoisotopic (exact) mass is 1070 g/mol. The Morgan fingerprint density at radius 1 is 1.03 bits per heavy atom. The van der Waals surface area contributed by atoms with Crippen LogP contribution in [0.15, 0.2) is 41.4 Å². The average Bonchev–Trinajstić information content (AvgIpc) is 3.83. The van der Waals surface area contributed by atoms with Crippen molar-refractivity contribution in [2.45, 2.75) is 140 Å². The highest BCUT2D eigenvalue weighted by Crippen LogP contribution is 2.43. The summed E-state index contributed by atoms with van der Waals surface area (Å²) in [4.78, 5) is 56.8. The first kappa shape index (κ1) is 55.6. The molecule has 76 heavy (non-hydrogen) atoms. The van der Waals surface area contributed by atoms with Crippen LogP contribution in [0.3, 0.4) is 0 Å². The van der Waals surface area contributed by atoms with Crippen LogP contribution in [0.2, 0.25) is 0 Å². The minimum absolute atomic E-state index is 0.0149. The number of rotatable bonds is 22. The number of carbonyl (C=O) groups is 3. The summed E-state index contributed by atoms with van der Waals surface area (Å²) in [5.41, 5.74) is 10.0. The van der Waals surface area contributed by atoms with Crippen molar-refractivity contribution in [1.82, 2.24) is 35.2 Å². The summed E-state index contributed by atoms with van der Waals surface area (Å²) in [6.45, 7) is 13.1. The van der Waals surface area contributed by atoms with E-state index in [-0.39, 0.29) is 38.4 Å². The molecule has 0 bridgehead atoms. The first-order valence-electron chi connectivity index (χ1n) is 26.9. The van der Waals surface area contributed by atoms with Gasteiger partial charge in [-0.3, -0.25) is 29.3 Å². The van der Waals surface area contributed by atoms with Crippen LogP contribution in [-0.4, -0.2) is 164 Å². The SMILES string of the molecule is CO[C@@H](C)c1ncc(N2CCN(C3CC3)CC2)cc1-c1c(CC(C)(C)COC(=O)[C@@H]2CCCN(C(=O)[C@@H](NC(=O)[C@]3(C#N)CCCO3)[C@@H](C)OCC(F)F)N2)c2cc(-c3cscn3)ccc2n1CCOC1CCOCC1. The van der Waals surface area contributed by atoms with Gasteiger partial charge in [0.25, 0.3) is 18.2 Å². The maximum atomic E-state index is 14.2. The number of methoxy groups -OCH3 is 1. The molecule has 2 N–H and O–H groups in total. The van der Waals surface area contributed by atoms with Crippen LogP contribution >= 0.6 is 11.3 Å². The highest BCUT2D eigenvalue weighted by atomic mass is 32.1. The fourth-order valence-corrected chi connectivity index (χ4v) is 11.5. The van der Waals surface area contributed by atoms with Crippen molar-refractivity contribution in [1.29, 1.82) is 5.26 Å². The number of hydrogen-bond acceptors (Lipinski definition) is 16. The minimum Gasteiger partial charge on any atom is -0.464 e. The van der Waals surface area contributed by atoms with E-state index in [0.717, 1.165) is 89.4 Å². The molecule has 5 aliphatic rings. The second-order valence-corrected chi connectivity index (χ2v) is 22.3. The van der Waals surface area contributed by atoms with Crippen LogP contribution in [0.25, 0.3) is 33.4 Å². The Labute approximate surface area is 447 Å². The number of thiazole rings is 1.